The minimum absolute atomic E-state index is 0.497. The van der Waals surface area contributed by atoms with Crippen molar-refractivity contribution in [3.05, 3.63) is 40.7 Å². The highest BCUT2D eigenvalue weighted by Crippen LogP contribution is 2.27. The second kappa shape index (κ2) is 6.45. The molecular formula is C14H18ClNO. The summed E-state index contributed by atoms with van der Waals surface area (Å²) in [5.74, 6) is 0.841. The van der Waals surface area contributed by atoms with Crippen LogP contribution in [0.3, 0.4) is 0 Å². The van der Waals surface area contributed by atoms with E-state index >= 15 is 0 Å². The molecule has 0 amide bonds. The molecule has 0 N–H and O–H groups in total. The largest absolute Gasteiger partial charge is 0.496 e. The number of aromatic nitrogens is 1. The summed E-state index contributed by atoms with van der Waals surface area (Å²) < 4.78 is 5.40. The Balaban J connectivity index is 3.37. The van der Waals surface area contributed by atoms with E-state index in [4.69, 9.17) is 16.3 Å². The molecular weight excluding hydrogens is 234 g/mol. The van der Waals surface area contributed by atoms with E-state index in [1.807, 2.05) is 32.1 Å². The molecule has 0 bridgehead atoms. The standard InChI is InChI=1S/C14H18ClNO/c1-5-7-13(17-4)12-9-16-14(15)8-11(12)10(3)6-2/h6-9H,5H2,1-4H3/b10-6-,13-7-. The number of pyridine rings is 1. The fourth-order valence-electron chi connectivity index (χ4n) is 1.60. The number of hydrogen-bond acceptors (Lipinski definition) is 2. The molecule has 0 saturated carbocycles. The number of allylic oxidation sites excluding steroid dienone is 3. The lowest BCUT2D eigenvalue weighted by Crippen LogP contribution is -1.96. The number of rotatable bonds is 4. The Bertz CT molecular complexity index is 450. The molecule has 1 rings (SSSR count). The molecule has 0 aromatic carbocycles. The van der Waals surface area contributed by atoms with E-state index in [-0.39, 0.29) is 0 Å². The number of ether oxygens (including phenoxy) is 1. The van der Waals surface area contributed by atoms with Gasteiger partial charge in [0, 0.05) is 11.8 Å². The van der Waals surface area contributed by atoms with Gasteiger partial charge < -0.3 is 4.74 Å². The third-order valence-corrected chi connectivity index (χ3v) is 2.81. The van der Waals surface area contributed by atoms with Crippen LogP contribution in [0.1, 0.15) is 38.3 Å². The molecule has 1 aromatic heterocycles. The zero-order valence-corrected chi connectivity index (χ0v) is 11.5. The summed E-state index contributed by atoms with van der Waals surface area (Å²) in [5, 5.41) is 0.497. The van der Waals surface area contributed by atoms with Crippen LogP contribution in [-0.4, -0.2) is 12.1 Å². The summed E-state index contributed by atoms with van der Waals surface area (Å²) in [5.41, 5.74) is 3.20. The van der Waals surface area contributed by atoms with Gasteiger partial charge >= 0.3 is 0 Å². The summed E-state index contributed by atoms with van der Waals surface area (Å²) in [7, 11) is 1.67. The van der Waals surface area contributed by atoms with Crippen molar-refractivity contribution >= 4 is 22.9 Å². The fraction of sp³-hybridized carbons (Fsp3) is 0.357. The number of nitrogens with zero attached hydrogens (tertiary/aromatic N) is 1. The Morgan fingerprint density at radius 3 is 2.71 bits per heavy atom. The van der Waals surface area contributed by atoms with Gasteiger partial charge in [-0.15, -0.1) is 0 Å². The smallest absolute Gasteiger partial charge is 0.129 e. The van der Waals surface area contributed by atoms with Gasteiger partial charge in [-0.2, -0.15) is 0 Å². The molecule has 3 heteroatoms. The van der Waals surface area contributed by atoms with Gasteiger partial charge in [-0.3, -0.25) is 0 Å². The summed E-state index contributed by atoms with van der Waals surface area (Å²) in [6.07, 6.45) is 6.77. The van der Waals surface area contributed by atoms with Gasteiger partial charge in [0.15, 0.2) is 0 Å². The second-order valence-electron chi connectivity index (χ2n) is 3.71. The van der Waals surface area contributed by atoms with Crippen LogP contribution in [0.25, 0.3) is 11.3 Å². The predicted octanol–water partition coefficient (Wildman–Crippen LogP) is 4.56. The van der Waals surface area contributed by atoms with Crippen LogP contribution in [0, 0.1) is 0 Å². The second-order valence-corrected chi connectivity index (χ2v) is 4.09. The third-order valence-electron chi connectivity index (χ3n) is 2.60. The molecule has 92 valence electrons. The lowest BCUT2D eigenvalue weighted by molar-refractivity contribution is 0.368. The third kappa shape index (κ3) is 3.34. The van der Waals surface area contributed by atoms with E-state index in [9.17, 15) is 0 Å². The summed E-state index contributed by atoms with van der Waals surface area (Å²) >= 11 is 5.94. The zero-order valence-electron chi connectivity index (χ0n) is 10.7. The molecule has 0 spiro atoms. The van der Waals surface area contributed by atoms with Gasteiger partial charge in [-0.05, 0) is 43.5 Å². The van der Waals surface area contributed by atoms with Crippen LogP contribution < -0.4 is 0 Å². The minimum atomic E-state index is 0.497. The van der Waals surface area contributed by atoms with Crippen molar-refractivity contribution in [3.63, 3.8) is 0 Å². The Morgan fingerprint density at radius 1 is 1.47 bits per heavy atom. The summed E-state index contributed by atoms with van der Waals surface area (Å²) in [4.78, 5) is 4.12. The number of methoxy groups -OCH3 is 1. The van der Waals surface area contributed by atoms with E-state index in [1.165, 1.54) is 0 Å². The van der Waals surface area contributed by atoms with Crippen molar-refractivity contribution in [1.29, 1.82) is 0 Å². The van der Waals surface area contributed by atoms with Crippen LogP contribution in [0.2, 0.25) is 5.15 Å². The Morgan fingerprint density at radius 2 is 2.18 bits per heavy atom. The predicted molar refractivity (Wildman–Crippen MR) is 73.8 cm³/mol. The van der Waals surface area contributed by atoms with Gasteiger partial charge in [-0.25, -0.2) is 4.98 Å². The zero-order chi connectivity index (χ0) is 12.8. The topological polar surface area (TPSA) is 22.1 Å². The molecule has 0 saturated heterocycles. The average Bonchev–Trinajstić information content (AvgIpc) is 2.35. The summed E-state index contributed by atoms with van der Waals surface area (Å²) in [6, 6.07) is 1.87. The quantitative estimate of drug-likeness (QED) is 0.578. The first-order chi connectivity index (χ1) is 8.13. The molecule has 0 aliphatic carbocycles. The highest BCUT2D eigenvalue weighted by atomic mass is 35.5. The van der Waals surface area contributed by atoms with Crippen molar-refractivity contribution in [3.8, 4) is 0 Å². The van der Waals surface area contributed by atoms with Crippen LogP contribution in [-0.2, 0) is 4.74 Å². The number of halogens is 1. The Kier molecular flexibility index (Phi) is 5.23. The highest BCUT2D eigenvalue weighted by molar-refractivity contribution is 6.29. The number of hydrogen-bond donors (Lipinski definition) is 0. The van der Waals surface area contributed by atoms with E-state index in [2.05, 4.69) is 11.9 Å². The first-order valence-corrected chi connectivity index (χ1v) is 6.05. The maximum absolute atomic E-state index is 5.94. The van der Waals surface area contributed by atoms with Crippen LogP contribution in [0.15, 0.2) is 24.4 Å². The van der Waals surface area contributed by atoms with Crippen LogP contribution >= 0.6 is 11.6 Å². The normalized spacial score (nSPS) is 12.8. The molecule has 1 heterocycles. The molecule has 0 aliphatic rings. The fourth-order valence-corrected chi connectivity index (χ4v) is 1.75. The van der Waals surface area contributed by atoms with Crippen molar-refractivity contribution in [2.45, 2.75) is 27.2 Å². The Labute approximate surface area is 108 Å². The van der Waals surface area contributed by atoms with E-state index in [0.29, 0.717) is 5.15 Å². The lowest BCUT2D eigenvalue weighted by atomic mass is 10.0. The SMILES string of the molecule is C/C=C(/C)c1cc(Cl)ncc1/C(=C/CC)OC. The van der Waals surface area contributed by atoms with E-state index in [1.54, 1.807) is 13.3 Å². The first-order valence-electron chi connectivity index (χ1n) is 5.67. The summed E-state index contributed by atoms with van der Waals surface area (Å²) in [6.45, 7) is 6.13. The molecule has 17 heavy (non-hydrogen) atoms. The van der Waals surface area contributed by atoms with Crippen LogP contribution in [0.4, 0.5) is 0 Å². The monoisotopic (exact) mass is 251 g/mol. The van der Waals surface area contributed by atoms with Gasteiger partial charge in [0.2, 0.25) is 0 Å². The van der Waals surface area contributed by atoms with Gasteiger partial charge in [0.05, 0.1) is 7.11 Å². The van der Waals surface area contributed by atoms with E-state index in [0.717, 1.165) is 28.9 Å². The average molecular weight is 252 g/mol. The highest BCUT2D eigenvalue weighted by Gasteiger charge is 2.10. The van der Waals surface area contributed by atoms with Crippen molar-refractivity contribution in [1.82, 2.24) is 4.98 Å². The van der Waals surface area contributed by atoms with E-state index < -0.39 is 0 Å². The molecule has 0 fully saturated rings. The van der Waals surface area contributed by atoms with Crippen LogP contribution in [0.5, 0.6) is 0 Å². The molecule has 1 aromatic rings. The molecule has 0 atom stereocenters. The maximum atomic E-state index is 5.94. The van der Waals surface area contributed by atoms with Crippen molar-refractivity contribution < 1.29 is 4.74 Å². The van der Waals surface area contributed by atoms with Crippen molar-refractivity contribution in [2.24, 2.45) is 0 Å². The Hall–Kier alpha value is -1.28. The molecule has 0 unspecified atom stereocenters. The maximum Gasteiger partial charge on any atom is 0.129 e. The minimum Gasteiger partial charge on any atom is -0.496 e. The molecule has 0 radical (unpaired) electrons. The first kappa shape index (κ1) is 13.8. The van der Waals surface area contributed by atoms with Gasteiger partial charge in [0.1, 0.15) is 10.9 Å². The lowest BCUT2D eigenvalue weighted by Gasteiger charge is -2.12. The molecule has 2 nitrogen and oxygen atoms in total. The molecule has 0 aliphatic heterocycles. The van der Waals surface area contributed by atoms with Gasteiger partial charge in [0.25, 0.3) is 0 Å². The van der Waals surface area contributed by atoms with Gasteiger partial charge in [-0.1, -0.05) is 24.6 Å². The van der Waals surface area contributed by atoms with Crippen molar-refractivity contribution in [2.75, 3.05) is 7.11 Å².